The Balaban J connectivity index is 1.33. The van der Waals surface area contributed by atoms with Crippen molar-refractivity contribution in [3.63, 3.8) is 0 Å². The highest BCUT2D eigenvalue weighted by Crippen LogP contribution is 2.40. The summed E-state index contributed by atoms with van der Waals surface area (Å²) in [5.41, 5.74) is 4.04. The van der Waals surface area contributed by atoms with Crippen LogP contribution in [0.5, 0.6) is 5.75 Å². The van der Waals surface area contributed by atoms with Gasteiger partial charge >= 0.3 is 0 Å². The van der Waals surface area contributed by atoms with Crippen LogP contribution in [0, 0.1) is 0 Å². The maximum Gasteiger partial charge on any atom is 0.165 e. The number of aliphatic hydroxyl groups is 1. The molecule has 6 rings (SSSR count). The van der Waals surface area contributed by atoms with Crippen LogP contribution in [0.1, 0.15) is 0 Å². The first-order valence-corrected chi connectivity index (χ1v) is 12.6. The molecule has 0 saturated carbocycles. The lowest BCUT2D eigenvalue weighted by Crippen LogP contribution is -2.24. The third kappa shape index (κ3) is 4.30. The Morgan fingerprint density at radius 1 is 0.917 bits per heavy atom. The van der Waals surface area contributed by atoms with Gasteiger partial charge in [-0.2, -0.15) is 5.10 Å². The van der Waals surface area contributed by atoms with Gasteiger partial charge in [0.15, 0.2) is 5.65 Å². The van der Waals surface area contributed by atoms with Crippen molar-refractivity contribution in [2.45, 2.75) is 12.6 Å². The van der Waals surface area contributed by atoms with Gasteiger partial charge in [0.2, 0.25) is 0 Å². The van der Waals surface area contributed by atoms with Gasteiger partial charge in [0.25, 0.3) is 0 Å². The van der Waals surface area contributed by atoms with Crippen LogP contribution in [0.15, 0.2) is 89.7 Å². The van der Waals surface area contributed by atoms with Gasteiger partial charge in [0.1, 0.15) is 18.5 Å². The number of rotatable bonds is 6. The van der Waals surface area contributed by atoms with Crippen molar-refractivity contribution in [3.05, 3.63) is 94.7 Å². The van der Waals surface area contributed by atoms with Gasteiger partial charge < -0.3 is 9.84 Å². The third-order valence-corrected chi connectivity index (χ3v) is 6.91. The van der Waals surface area contributed by atoms with E-state index in [0.717, 1.165) is 37.4 Å². The molecule has 6 aromatic rings. The van der Waals surface area contributed by atoms with E-state index in [0.29, 0.717) is 21.8 Å². The normalized spacial score (nSPS) is 12.4. The van der Waals surface area contributed by atoms with Crippen molar-refractivity contribution in [3.8, 4) is 16.9 Å². The molecule has 6 nitrogen and oxygen atoms in total. The second-order valence-corrected chi connectivity index (χ2v) is 9.82. The largest absolute Gasteiger partial charge is 0.489 e. The summed E-state index contributed by atoms with van der Waals surface area (Å²) in [6, 6.07) is 23.5. The molecule has 178 valence electrons. The van der Waals surface area contributed by atoms with Crippen molar-refractivity contribution in [1.29, 1.82) is 0 Å². The second kappa shape index (κ2) is 9.50. The number of ether oxygens (including phenoxy) is 1. The smallest absolute Gasteiger partial charge is 0.165 e. The Morgan fingerprint density at radius 2 is 1.69 bits per heavy atom. The molecule has 0 bridgehead atoms. The molecule has 3 heterocycles. The zero-order chi connectivity index (χ0) is 24.6. The zero-order valence-corrected chi connectivity index (χ0v) is 21.3. The average Bonchev–Trinajstić information content (AvgIpc) is 3.35. The number of aromatic nitrogens is 4. The summed E-state index contributed by atoms with van der Waals surface area (Å²) in [6.45, 7) is 0.342. The first kappa shape index (κ1) is 22.9. The number of para-hydroxylation sites is 1. The van der Waals surface area contributed by atoms with Crippen molar-refractivity contribution >= 4 is 60.4 Å². The predicted molar refractivity (Wildman–Crippen MR) is 146 cm³/mol. The van der Waals surface area contributed by atoms with Crippen molar-refractivity contribution in [1.82, 2.24) is 19.7 Å². The van der Waals surface area contributed by atoms with Crippen LogP contribution in [-0.2, 0) is 6.54 Å². The van der Waals surface area contributed by atoms with E-state index in [-0.39, 0.29) is 13.2 Å². The third-order valence-electron chi connectivity index (χ3n) is 6.03. The SMILES string of the molecule is OC(COc1c2ccccc2nc2nc3cc(Br)ccc3c(Cl)c12)Cn1cc(-c2ccccc2)cn1. The summed E-state index contributed by atoms with van der Waals surface area (Å²) in [5.74, 6) is 0.558. The van der Waals surface area contributed by atoms with Crippen LogP contribution >= 0.6 is 27.5 Å². The Morgan fingerprint density at radius 3 is 2.56 bits per heavy atom. The maximum atomic E-state index is 10.8. The number of nitrogens with zero attached hydrogens (tertiary/aromatic N) is 4. The van der Waals surface area contributed by atoms with E-state index >= 15 is 0 Å². The minimum Gasteiger partial charge on any atom is -0.489 e. The van der Waals surface area contributed by atoms with Crippen LogP contribution in [0.3, 0.4) is 0 Å². The highest BCUT2D eigenvalue weighted by atomic mass is 79.9. The van der Waals surface area contributed by atoms with E-state index < -0.39 is 6.10 Å². The molecule has 0 saturated heterocycles. The monoisotopic (exact) mass is 558 g/mol. The minimum absolute atomic E-state index is 0.0539. The first-order chi connectivity index (χ1) is 17.6. The van der Waals surface area contributed by atoms with Crippen LogP contribution in [0.2, 0.25) is 5.02 Å². The van der Waals surface area contributed by atoms with Crippen LogP contribution in [-0.4, -0.2) is 37.6 Å². The molecule has 0 amide bonds. The van der Waals surface area contributed by atoms with Crippen molar-refractivity contribution in [2.24, 2.45) is 0 Å². The fraction of sp³-hybridized carbons (Fsp3) is 0.107. The van der Waals surface area contributed by atoms with Crippen LogP contribution in [0.4, 0.5) is 0 Å². The molecule has 0 fully saturated rings. The number of benzene rings is 3. The molecule has 8 heteroatoms. The van der Waals surface area contributed by atoms with Crippen molar-refractivity contribution < 1.29 is 9.84 Å². The Labute approximate surface area is 220 Å². The van der Waals surface area contributed by atoms with Gasteiger partial charge in [-0.05, 0) is 29.8 Å². The van der Waals surface area contributed by atoms with E-state index in [1.807, 2.05) is 79.0 Å². The molecule has 1 unspecified atom stereocenters. The Hall–Kier alpha value is -3.52. The molecular weight excluding hydrogens is 540 g/mol. The van der Waals surface area contributed by atoms with Crippen molar-refractivity contribution in [2.75, 3.05) is 6.61 Å². The maximum absolute atomic E-state index is 10.8. The highest BCUT2D eigenvalue weighted by Gasteiger charge is 2.19. The Kier molecular flexibility index (Phi) is 6.05. The molecule has 1 N–H and O–H groups in total. The van der Waals surface area contributed by atoms with Gasteiger partial charge in [0.05, 0.1) is 34.2 Å². The second-order valence-electron chi connectivity index (χ2n) is 8.53. The fourth-order valence-electron chi connectivity index (χ4n) is 4.32. The van der Waals surface area contributed by atoms with E-state index in [2.05, 4.69) is 21.0 Å². The lowest BCUT2D eigenvalue weighted by atomic mass is 10.1. The fourth-order valence-corrected chi connectivity index (χ4v) is 5.00. The molecule has 0 aliphatic rings. The van der Waals surface area contributed by atoms with E-state index in [1.165, 1.54) is 0 Å². The number of pyridine rings is 2. The molecule has 3 aromatic carbocycles. The highest BCUT2D eigenvalue weighted by molar-refractivity contribution is 9.10. The van der Waals surface area contributed by atoms with E-state index in [1.54, 1.807) is 10.9 Å². The summed E-state index contributed by atoms with van der Waals surface area (Å²) < 4.78 is 8.88. The standard InChI is InChI=1S/C28H20BrClN4O2/c29-19-10-11-21-24(12-19)33-28-25(26(21)30)27(22-8-4-5-9-23(22)32-28)36-16-20(35)15-34-14-18(13-31-34)17-6-2-1-3-7-17/h1-14,20,35H,15-16H2. The Bertz CT molecular complexity index is 1720. The summed E-state index contributed by atoms with van der Waals surface area (Å²) in [4.78, 5) is 9.49. The van der Waals surface area contributed by atoms with E-state index in [9.17, 15) is 5.11 Å². The molecule has 0 aliphatic carbocycles. The molecule has 3 aromatic heterocycles. The first-order valence-electron chi connectivity index (χ1n) is 11.4. The zero-order valence-electron chi connectivity index (χ0n) is 19.0. The predicted octanol–water partition coefficient (Wildman–Crippen LogP) is 6.66. The number of hydrogen-bond acceptors (Lipinski definition) is 5. The van der Waals surface area contributed by atoms with Gasteiger partial charge in [-0.25, -0.2) is 9.97 Å². The lowest BCUT2D eigenvalue weighted by molar-refractivity contribution is 0.0907. The molecule has 0 spiro atoms. The lowest BCUT2D eigenvalue weighted by Gasteiger charge is -2.17. The summed E-state index contributed by atoms with van der Waals surface area (Å²) in [6.07, 6.45) is 2.92. The quantitative estimate of drug-likeness (QED) is 0.231. The number of aliphatic hydroxyl groups excluding tert-OH is 1. The topological polar surface area (TPSA) is 73.1 Å². The molecule has 0 aliphatic heterocycles. The van der Waals surface area contributed by atoms with Gasteiger partial charge in [-0.15, -0.1) is 0 Å². The molecular formula is C28H20BrClN4O2. The van der Waals surface area contributed by atoms with Gasteiger partial charge in [-0.1, -0.05) is 76.1 Å². The van der Waals surface area contributed by atoms with E-state index in [4.69, 9.17) is 26.3 Å². The van der Waals surface area contributed by atoms with Gasteiger partial charge in [-0.3, -0.25) is 4.68 Å². The summed E-state index contributed by atoms with van der Waals surface area (Å²) in [7, 11) is 0. The summed E-state index contributed by atoms with van der Waals surface area (Å²) in [5, 5.41) is 18.0. The van der Waals surface area contributed by atoms with Crippen LogP contribution < -0.4 is 4.74 Å². The number of halogens is 2. The molecule has 1 atom stereocenters. The van der Waals surface area contributed by atoms with Gasteiger partial charge in [0, 0.05) is 27.0 Å². The van der Waals surface area contributed by atoms with Crippen LogP contribution in [0.25, 0.3) is 44.0 Å². The summed E-state index contributed by atoms with van der Waals surface area (Å²) >= 11 is 10.4. The minimum atomic E-state index is -0.793. The average molecular weight is 560 g/mol. The number of fused-ring (bicyclic) bond motifs is 3. The molecule has 0 radical (unpaired) electrons. The number of hydrogen-bond donors (Lipinski definition) is 1. The molecule has 36 heavy (non-hydrogen) atoms.